The molecule has 0 bridgehead atoms. The van der Waals surface area contributed by atoms with Crippen LogP contribution in [0.25, 0.3) is 10.9 Å². The average Bonchev–Trinajstić information content (AvgIpc) is 2.50. The molecule has 3 rings (SSSR count). The fourth-order valence-corrected chi connectivity index (χ4v) is 2.70. The summed E-state index contributed by atoms with van der Waals surface area (Å²) in [5.74, 6) is -0.287. The standard InChI is InChI=1S/C16H9FIN3/c17-11-5-6-15(13(18)7-11)21-16-10(8-19)9-20-14-4-2-1-3-12(14)16/h1-7,9H,(H,20,21). The molecule has 0 unspecified atom stereocenters. The van der Waals surface area contributed by atoms with Crippen LogP contribution in [-0.4, -0.2) is 4.98 Å². The second-order valence-electron chi connectivity index (χ2n) is 4.42. The molecule has 1 N–H and O–H groups in total. The Balaban J connectivity index is 2.17. The van der Waals surface area contributed by atoms with Gasteiger partial charge in [0.1, 0.15) is 11.9 Å². The number of hydrogen-bond donors (Lipinski definition) is 1. The Morgan fingerprint density at radius 2 is 2.00 bits per heavy atom. The lowest BCUT2D eigenvalue weighted by molar-refractivity contribution is 0.627. The summed E-state index contributed by atoms with van der Waals surface area (Å²) >= 11 is 2.06. The fourth-order valence-electron chi connectivity index (χ4n) is 2.09. The number of fused-ring (bicyclic) bond motifs is 1. The molecule has 102 valence electrons. The molecular formula is C16H9FIN3. The van der Waals surface area contributed by atoms with Gasteiger partial charge in [0, 0.05) is 15.2 Å². The zero-order chi connectivity index (χ0) is 14.8. The highest BCUT2D eigenvalue weighted by Crippen LogP contribution is 2.30. The maximum Gasteiger partial charge on any atom is 0.124 e. The molecule has 3 aromatic rings. The largest absolute Gasteiger partial charge is 0.353 e. The van der Waals surface area contributed by atoms with Crippen molar-refractivity contribution in [2.24, 2.45) is 0 Å². The van der Waals surface area contributed by atoms with Gasteiger partial charge in [0.25, 0.3) is 0 Å². The molecule has 0 aliphatic heterocycles. The first kappa shape index (κ1) is 13.8. The minimum absolute atomic E-state index is 0.287. The van der Waals surface area contributed by atoms with Crippen molar-refractivity contribution in [3.8, 4) is 6.07 Å². The van der Waals surface area contributed by atoms with Crippen LogP contribution >= 0.6 is 22.6 Å². The van der Waals surface area contributed by atoms with Gasteiger partial charge in [-0.1, -0.05) is 18.2 Å². The highest BCUT2D eigenvalue weighted by atomic mass is 127. The molecule has 0 aliphatic carbocycles. The monoisotopic (exact) mass is 389 g/mol. The van der Waals surface area contributed by atoms with Crippen molar-refractivity contribution in [1.82, 2.24) is 4.98 Å². The molecule has 0 atom stereocenters. The first-order chi connectivity index (χ1) is 10.2. The number of nitriles is 1. The van der Waals surface area contributed by atoms with E-state index in [0.717, 1.165) is 20.2 Å². The number of nitrogens with zero attached hydrogens (tertiary/aromatic N) is 2. The van der Waals surface area contributed by atoms with Gasteiger partial charge in [0.2, 0.25) is 0 Å². The Kier molecular flexibility index (Phi) is 3.71. The molecule has 1 heterocycles. The summed E-state index contributed by atoms with van der Waals surface area (Å²) in [7, 11) is 0. The lowest BCUT2D eigenvalue weighted by atomic mass is 10.1. The topological polar surface area (TPSA) is 48.7 Å². The highest BCUT2D eigenvalue weighted by Gasteiger charge is 2.10. The van der Waals surface area contributed by atoms with Crippen molar-refractivity contribution in [2.45, 2.75) is 0 Å². The van der Waals surface area contributed by atoms with E-state index in [1.807, 2.05) is 24.3 Å². The number of nitrogens with one attached hydrogen (secondary N) is 1. The minimum Gasteiger partial charge on any atom is -0.353 e. The first-order valence-electron chi connectivity index (χ1n) is 6.19. The molecule has 0 saturated carbocycles. The predicted octanol–water partition coefficient (Wildman–Crippen LogP) is 4.59. The van der Waals surface area contributed by atoms with Crippen molar-refractivity contribution >= 4 is 44.9 Å². The van der Waals surface area contributed by atoms with Crippen molar-refractivity contribution in [1.29, 1.82) is 5.26 Å². The number of pyridine rings is 1. The molecule has 3 nitrogen and oxygen atoms in total. The summed E-state index contributed by atoms with van der Waals surface area (Å²) in [6, 6.07) is 14.2. The van der Waals surface area contributed by atoms with E-state index >= 15 is 0 Å². The van der Waals surface area contributed by atoms with Gasteiger partial charge in [-0.3, -0.25) is 4.98 Å². The van der Waals surface area contributed by atoms with Gasteiger partial charge in [-0.25, -0.2) is 4.39 Å². The quantitative estimate of drug-likeness (QED) is 0.653. The summed E-state index contributed by atoms with van der Waals surface area (Å²) in [5, 5.41) is 13.4. The van der Waals surface area contributed by atoms with E-state index < -0.39 is 0 Å². The van der Waals surface area contributed by atoms with Crippen molar-refractivity contribution < 1.29 is 4.39 Å². The SMILES string of the molecule is N#Cc1cnc2ccccc2c1Nc1ccc(F)cc1I. The zero-order valence-corrected chi connectivity index (χ0v) is 12.9. The molecule has 0 aliphatic rings. The molecule has 0 spiro atoms. The van der Waals surface area contributed by atoms with Gasteiger partial charge in [-0.2, -0.15) is 5.26 Å². The smallest absolute Gasteiger partial charge is 0.124 e. The van der Waals surface area contributed by atoms with E-state index in [4.69, 9.17) is 0 Å². The molecule has 21 heavy (non-hydrogen) atoms. The molecular weight excluding hydrogens is 380 g/mol. The molecule has 0 radical (unpaired) electrons. The summed E-state index contributed by atoms with van der Waals surface area (Å²) < 4.78 is 13.9. The van der Waals surface area contributed by atoms with E-state index in [-0.39, 0.29) is 5.82 Å². The van der Waals surface area contributed by atoms with Crippen molar-refractivity contribution in [3.05, 3.63) is 63.6 Å². The lowest BCUT2D eigenvalue weighted by Crippen LogP contribution is -1.98. The molecule has 2 aromatic carbocycles. The first-order valence-corrected chi connectivity index (χ1v) is 7.27. The molecule has 0 amide bonds. The molecule has 5 heteroatoms. The average molecular weight is 389 g/mol. The lowest BCUT2D eigenvalue weighted by Gasteiger charge is -2.12. The summed E-state index contributed by atoms with van der Waals surface area (Å²) in [4.78, 5) is 4.27. The number of halogens is 2. The van der Waals surface area contributed by atoms with Crippen LogP contribution in [-0.2, 0) is 0 Å². The zero-order valence-electron chi connectivity index (χ0n) is 10.8. The minimum atomic E-state index is -0.287. The predicted molar refractivity (Wildman–Crippen MR) is 88.9 cm³/mol. The van der Waals surface area contributed by atoms with Crippen molar-refractivity contribution in [3.63, 3.8) is 0 Å². The van der Waals surface area contributed by atoms with Crippen LogP contribution in [0.5, 0.6) is 0 Å². The Morgan fingerprint density at radius 1 is 1.19 bits per heavy atom. The maximum absolute atomic E-state index is 13.2. The van der Waals surface area contributed by atoms with Crippen LogP contribution in [0.2, 0.25) is 0 Å². The Bertz CT molecular complexity index is 871. The van der Waals surface area contributed by atoms with Gasteiger partial charge in [0.15, 0.2) is 0 Å². The number of hydrogen-bond acceptors (Lipinski definition) is 3. The van der Waals surface area contributed by atoms with Gasteiger partial charge < -0.3 is 5.32 Å². The third kappa shape index (κ3) is 2.67. The number of para-hydroxylation sites is 1. The summed E-state index contributed by atoms with van der Waals surface area (Å²) in [6.07, 6.45) is 1.54. The number of rotatable bonds is 2. The Hall–Kier alpha value is -2.20. The van der Waals surface area contributed by atoms with Crippen LogP contribution in [0.4, 0.5) is 15.8 Å². The number of anilines is 2. The van der Waals surface area contributed by atoms with E-state index in [2.05, 4.69) is 39.0 Å². The van der Waals surface area contributed by atoms with Crippen LogP contribution < -0.4 is 5.32 Å². The van der Waals surface area contributed by atoms with Gasteiger partial charge in [-0.15, -0.1) is 0 Å². The van der Waals surface area contributed by atoms with E-state index in [1.165, 1.54) is 12.1 Å². The maximum atomic E-state index is 13.2. The molecule has 0 saturated heterocycles. The number of aromatic nitrogens is 1. The molecule has 0 fully saturated rings. The fraction of sp³-hybridized carbons (Fsp3) is 0. The van der Waals surface area contributed by atoms with Crippen LogP contribution in [0.15, 0.2) is 48.7 Å². The normalized spacial score (nSPS) is 10.3. The second-order valence-corrected chi connectivity index (χ2v) is 5.59. The van der Waals surface area contributed by atoms with E-state index in [0.29, 0.717) is 11.3 Å². The van der Waals surface area contributed by atoms with Crippen LogP contribution in [0, 0.1) is 20.7 Å². The Labute approximate surface area is 134 Å². The van der Waals surface area contributed by atoms with Crippen LogP contribution in [0.1, 0.15) is 5.56 Å². The third-order valence-electron chi connectivity index (χ3n) is 3.09. The van der Waals surface area contributed by atoms with Gasteiger partial charge in [0.05, 0.1) is 22.5 Å². The Morgan fingerprint density at radius 3 is 2.76 bits per heavy atom. The van der Waals surface area contributed by atoms with Gasteiger partial charge in [-0.05, 0) is 46.9 Å². The van der Waals surface area contributed by atoms with E-state index in [9.17, 15) is 9.65 Å². The summed E-state index contributed by atoms with van der Waals surface area (Å²) in [6.45, 7) is 0. The van der Waals surface area contributed by atoms with Crippen molar-refractivity contribution in [2.75, 3.05) is 5.32 Å². The van der Waals surface area contributed by atoms with Crippen LogP contribution in [0.3, 0.4) is 0 Å². The number of benzene rings is 2. The van der Waals surface area contributed by atoms with E-state index in [1.54, 1.807) is 12.3 Å². The third-order valence-corrected chi connectivity index (χ3v) is 3.98. The highest BCUT2D eigenvalue weighted by molar-refractivity contribution is 14.1. The molecule has 1 aromatic heterocycles. The second kappa shape index (κ2) is 5.66. The van der Waals surface area contributed by atoms with Gasteiger partial charge >= 0.3 is 0 Å². The summed E-state index contributed by atoms with van der Waals surface area (Å²) in [5.41, 5.74) is 2.70.